The highest BCUT2D eigenvalue weighted by Gasteiger charge is 2.10. The Morgan fingerprint density at radius 3 is 2.60 bits per heavy atom. The topological polar surface area (TPSA) is 48.7 Å². The molecule has 0 aliphatic carbocycles. The highest BCUT2D eigenvalue weighted by atomic mass is 79.9. The largest absolute Gasteiger partial charge is 0.493 e. The van der Waals surface area contributed by atoms with Gasteiger partial charge in [0.1, 0.15) is 0 Å². The predicted octanol–water partition coefficient (Wildman–Crippen LogP) is 3.18. The molecule has 0 aliphatic rings. The molecule has 0 aliphatic heterocycles. The second-order valence-corrected chi connectivity index (χ2v) is 5.07. The highest BCUT2D eigenvalue weighted by Crippen LogP contribution is 2.31. The van der Waals surface area contributed by atoms with E-state index in [2.05, 4.69) is 26.0 Å². The van der Waals surface area contributed by atoms with Crippen LogP contribution in [0.5, 0.6) is 11.5 Å². The summed E-state index contributed by atoms with van der Waals surface area (Å²) in [5.74, 6) is 1.98. The van der Waals surface area contributed by atoms with Gasteiger partial charge in [0.25, 0.3) is 0 Å². The molecule has 0 N–H and O–H groups in total. The van der Waals surface area contributed by atoms with E-state index in [-0.39, 0.29) is 0 Å². The Hall–Kier alpha value is -2.08. The zero-order chi connectivity index (χ0) is 14.1. The van der Waals surface area contributed by atoms with Crippen LogP contribution in [0, 0.1) is 0 Å². The van der Waals surface area contributed by atoms with Gasteiger partial charge in [-0.05, 0) is 46.3 Å². The van der Waals surface area contributed by atoms with E-state index < -0.39 is 0 Å². The summed E-state index contributed by atoms with van der Waals surface area (Å²) in [6, 6.07) is 9.45. The summed E-state index contributed by atoms with van der Waals surface area (Å²) >= 11 is 3.41. The van der Waals surface area contributed by atoms with Crippen molar-refractivity contribution in [2.45, 2.75) is 0 Å². The van der Waals surface area contributed by atoms with Crippen molar-refractivity contribution < 1.29 is 9.47 Å². The first-order valence-electron chi connectivity index (χ1n) is 5.95. The summed E-state index contributed by atoms with van der Waals surface area (Å²) in [5, 5.41) is 4.45. The van der Waals surface area contributed by atoms with E-state index in [0.29, 0.717) is 17.3 Å². The van der Waals surface area contributed by atoms with Gasteiger partial charge >= 0.3 is 0 Å². The number of nitrogens with zero attached hydrogens (tertiary/aromatic N) is 3. The van der Waals surface area contributed by atoms with Crippen molar-refractivity contribution in [3.05, 3.63) is 41.0 Å². The van der Waals surface area contributed by atoms with Gasteiger partial charge in [-0.25, -0.2) is 9.50 Å². The molecule has 0 amide bonds. The Labute approximate surface area is 124 Å². The van der Waals surface area contributed by atoms with Crippen LogP contribution in [0.4, 0.5) is 0 Å². The summed E-state index contributed by atoms with van der Waals surface area (Å²) in [6.45, 7) is 0. The van der Waals surface area contributed by atoms with Crippen LogP contribution in [-0.2, 0) is 0 Å². The number of hydrogen-bond acceptors (Lipinski definition) is 4. The maximum absolute atomic E-state index is 5.30. The molecule has 3 rings (SSSR count). The van der Waals surface area contributed by atoms with Gasteiger partial charge in [0.05, 0.1) is 14.2 Å². The molecule has 2 heterocycles. The lowest BCUT2D eigenvalue weighted by Gasteiger charge is -2.07. The lowest BCUT2D eigenvalue weighted by atomic mass is 10.2. The molecule has 0 unspecified atom stereocenters. The Bertz CT molecular complexity index is 770. The summed E-state index contributed by atoms with van der Waals surface area (Å²) in [6.07, 6.45) is 1.87. The summed E-state index contributed by atoms with van der Waals surface area (Å²) in [5.41, 5.74) is 1.67. The van der Waals surface area contributed by atoms with Gasteiger partial charge < -0.3 is 9.47 Å². The second-order valence-electron chi connectivity index (χ2n) is 4.16. The van der Waals surface area contributed by atoms with Gasteiger partial charge in [-0.2, -0.15) is 0 Å². The SMILES string of the molecule is COc1ccc(-c2nc3ccc(Br)cn3n2)cc1OC. The predicted molar refractivity (Wildman–Crippen MR) is 79.2 cm³/mol. The first kappa shape index (κ1) is 12.9. The van der Waals surface area contributed by atoms with E-state index in [0.717, 1.165) is 15.7 Å². The van der Waals surface area contributed by atoms with Crippen LogP contribution in [0.1, 0.15) is 0 Å². The smallest absolute Gasteiger partial charge is 0.182 e. The number of aromatic nitrogens is 3. The summed E-state index contributed by atoms with van der Waals surface area (Å²) in [7, 11) is 3.22. The van der Waals surface area contributed by atoms with Crippen molar-refractivity contribution in [1.29, 1.82) is 0 Å². The van der Waals surface area contributed by atoms with Crippen LogP contribution in [0.25, 0.3) is 17.0 Å². The fourth-order valence-corrected chi connectivity index (χ4v) is 2.28. The minimum Gasteiger partial charge on any atom is -0.493 e. The maximum atomic E-state index is 5.30. The van der Waals surface area contributed by atoms with Crippen LogP contribution in [0.3, 0.4) is 0 Å². The van der Waals surface area contributed by atoms with E-state index in [4.69, 9.17) is 9.47 Å². The molecular formula is C14H12BrN3O2. The molecule has 0 spiro atoms. The number of fused-ring (bicyclic) bond motifs is 1. The first-order valence-corrected chi connectivity index (χ1v) is 6.75. The van der Waals surface area contributed by atoms with E-state index >= 15 is 0 Å². The van der Waals surface area contributed by atoms with Crippen molar-refractivity contribution >= 4 is 21.6 Å². The molecule has 3 aromatic rings. The Morgan fingerprint density at radius 2 is 1.85 bits per heavy atom. The average Bonchev–Trinajstić information content (AvgIpc) is 2.89. The van der Waals surface area contributed by atoms with Crippen LogP contribution in [0.15, 0.2) is 41.0 Å². The molecule has 0 fully saturated rings. The number of methoxy groups -OCH3 is 2. The van der Waals surface area contributed by atoms with E-state index in [1.807, 2.05) is 36.5 Å². The van der Waals surface area contributed by atoms with E-state index in [9.17, 15) is 0 Å². The average molecular weight is 334 g/mol. The van der Waals surface area contributed by atoms with Crippen LogP contribution < -0.4 is 9.47 Å². The summed E-state index contributed by atoms with van der Waals surface area (Å²) in [4.78, 5) is 4.49. The number of pyridine rings is 1. The first-order chi connectivity index (χ1) is 9.71. The second kappa shape index (κ2) is 5.13. The van der Waals surface area contributed by atoms with Gasteiger partial charge in [-0.3, -0.25) is 0 Å². The quantitative estimate of drug-likeness (QED) is 0.738. The molecular weight excluding hydrogens is 322 g/mol. The third kappa shape index (κ3) is 2.22. The number of ether oxygens (including phenoxy) is 2. The standard InChI is InChI=1S/C14H12BrN3O2/c1-19-11-5-3-9(7-12(11)20-2)14-16-13-6-4-10(15)8-18(13)17-14/h3-8H,1-2H3. The summed E-state index contributed by atoms with van der Waals surface area (Å²) < 4.78 is 13.2. The van der Waals surface area contributed by atoms with Crippen molar-refractivity contribution in [1.82, 2.24) is 14.6 Å². The molecule has 20 heavy (non-hydrogen) atoms. The zero-order valence-corrected chi connectivity index (χ0v) is 12.6. The molecule has 6 heteroatoms. The van der Waals surface area contributed by atoms with Crippen molar-refractivity contribution in [2.75, 3.05) is 14.2 Å². The lowest BCUT2D eigenvalue weighted by molar-refractivity contribution is 0.355. The fourth-order valence-electron chi connectivity index (χ4n) is 1.96. The van der Waals surface area contributed by atoms with Gasteiger partial charge in [0, 0.05) is 16.2 Å². The van der Waals surface area contributed by atoms with Gasteiger partial charge in [0.15, 0.2) is 23.0 Å². The third-order valence-corrected chi connectivity index (χ3v) is 3.41. The monoisotopic (exact) mass is 333 g/mol. The fraction of sp³-hybridized carbons (Fsp3) is 0.143. The molecule has 5 nitrogen and oxygen atoms in total. The zero-order valence-electron chi connectivity index (χ0n) is 11.0. The minimum absolute atomic E-state index is 0.643. The highest BCUT2D eigenvalue weighted by molar-refractivity contribution is 9.10. The number of benzene rings is 1. The Balaban J connectivity index is 2.10. The van der Waals surface area contributed by atoms with Gasteiger partial charge in [-0.1, -0.05) is 0 Å². The third-order valence-electron chi connectivity index (χ3n) is 2.94. The van der Waals surface area contributed by atoms with Crippen LogP contribution >= 0.6 is 15.9 Å². The number of hydrogen-bond donors (Lipinski definition) is 0. The molecule has 0 saturated heterocycles. The molecule has 0 bridgehead atoms. The molecule has 1 aromatic carbocycles. The maximum Gasteiger partial charge on any atom is 0.182 e. The number of rotatable bonds is 3. The molecule has 0 radical (unpaired) electrons. The molecule has 102 valence electrons. The normalized spacial score (nSPS) is 10.8. The van der Waals surface area contributed by atoms with Crippen molar-refractivity contribution in [2.24, 2.45) is 0 Å². The van der Waals surface area contributed by atoms with Crippen molar-refractivity contribution in [3.8, 4) is 22.9 Å². The lowest BCUT2D eigenvalue weighted by Crippen LogP contribution is -1.91. The van der Waals surface area contributed by atoms with Crippen LogP contribution in [-0.4, -0.2) is 28.8 Å². The minimum atomic E-state index is 0.643. The molecule has 0 atom stereocenters. The Morgan fingerprint density at radius 1 is 1.05 bits per heavy atom. The molecule has 0 saturated carbocycles. The van der Waals surface area contributed by atoms with Crippen molar-refractivity contribution in [3.63, 3.8) is 0 Å². The molecule has 2 aromatic heterocycles. The van der Waals surface area contributed by atoms with E-state index in [1.165, 1.54) is 0 Å². The van der Waals surface area contributed by atoms with Crippen LogP contribution in [0.2, 0.25) is 0 Å². The van der Waals surface area contributed by atoms with Gasteiger partial charge in [0.2, 0.25) is 0 Å². The van der Waals surface area contributed by atoms with Gasteiger partial charge in [-0.15, -0.1) is 5.10 Å². The van der Waals surface area contributed by atoms with E-state index in [1.54, 1.807) is 18.7 Å². The number of halogens is 1. The Kier molecular flexibility index (Phi) is 3.31.